The molecule has 1 atom stereocenters. The Balaban J connectivity index is 1.80. The average molecular weight is 361 g/mol. The zero-order valence-corrected chi connectivity index (χ0v) is 15.8. The van der Waals surface area contributed by atoms with Crippen molar-refractivity contribution in [2.75, 3.05) is 7.05 Å². The summed E-state index contributed by atoms with van der Waals surface area (Å²) in [6, 6.07) is 20.7. The largest absolute Gasteiger partial charge is 0.337 e. The molecule has 0 aliphatic carbocycles. The molecule has 0 fully saturated rings. The van der Waals surface area contributed by atoms with E-state index >= 15 is 0 Å². The van der Waals surface area contributed by atoms with Crippen LogP contribution in [0.4, 0.5) is 0 Å². The van der Waals surface area contributed by atoms with E-state index in [1.807, 2.05) is 68.4 Å². The van der Waals surface area contributed by atoms with Crippen molar-refractivity contribution < 1.29 is 4.79 Å². The molecule has 0 bridgehead atoms. The lowest BCUT2D eigenvalue weighted by Crippen LogP contribution is -2.36. The third-order valence-corrected chi connectivity index (χ3v) is 4.76. The summed E-state index contributed by atoms with van der Waals surface area (Å²) < 4.78 is 1.23. The normalized spacial score (nSPS) is 11.8. The van der Waals surface area contributed by atoms with Crippen LogP contribution in [0.15, 0.2) is 71.5 Å². The summed E-state index contributed by atoms with van der Waals surface area (Å²) >= 11 is 0. The van der Waals surface area contributed by atoms with Crippen LogP contribution in [0.5, 0.6) is 0 Å². The molecule has 5 heteroatoms. The van der Waals surface area contributed by atoms with E-state index in [0.717, 1.165) is 16.7 Å². The van der Waals surface area contributed by atoms with E-state index < -0.39 is 0 Å². The lowest BCUT2D eigenvalue weighted by molar-refractivity contribution is -0.132. The van der Waals surface area contributed by atoms with Gasteiger partial charge < -0.3 is 4.90 Å². The second kappa shape index (κ2) is 7.99. The molecule has 0 spiro atoms. The van der Waals surface area contributed by atoms with Crippen LogP contribution in [0, 0.1) is 6.92 Å². The number of amides is 1. The van der Waals surface area contributed by atoms with Gasteiger partial charge in [-0.25, -0.2) is 4.68 Å². The highest BCUT2D eigenvalue weighted by atomic mass is 16.2. The van der Waals surface area contributed by atoms with Gasteiger partial charge in [0.15, 0.2) is 0 Å². The lowest BCUT2D eigenvalue weighted by Gasteiger charge is -2.25. The Labute approximate surface area is 158 Å². The minimum atomic E-state index is -0.292. The third kappa shape index (κ3) is 4.31. The van der Waals surface area contributed by atoms with E-state index in [1.165, 1.54) is 10.7 Å². The number of aromatic nitrogens is 2. The molecule has 0 saturated heterocycles. The van der Waals surface area contributed by atoms with Crippen molar-refractivity contribution in [3.05, 3.63) is 88.2 Å². The topological polar surface area (TPSA) is 55.2 Å². The second-order valence-corrected chi connectivity index (χ2v) is 6.67. The molecule has 3 rings (SSSR count). The number of carbonyl (C=O) groups excluding carboxylic acids is 1. The fourth-order valence-electron chi connectivity index (χ4n) is 2.85. The van der Waals surface area contributed by atoms with Gasteiger partial charge in [0.1, 0.15) is 6.54 Å². The molecular formula is C22H23N3O2. The van der Waals surface area contributed by atoms with E-state index in [4.69, 9.17) is 0 Å². The monoisotopic (exact) mass is 361 g/mol. The van der Waals surface area contributed by atoms with Gasteiger partial charge in [0, 0.05) is 18.7 Å². The maximum Gasteiger partial charge on any atom is 0.267 e. The Kier molecular flexibility index (Phi) is 5.50. The molecule has 5 nitrogen and oxygen atoms in total. The lowest BCUT2D eigenvalue weighted by atomic mass is 10.1. The van der Waals surface area contributed by atoms with E-state index in [9.17, 15) is 9.59 Å². The average Bonchev–Trinajstić information content (AvgIpc) is 2.69. The predicted octanol–water partition coefficient (Wildman–Crippen LogP) is 3.44. The molecule has 0 aliphatic heterocycles. The summed E-state index contributed by atoms with van der Waals surface area (Å²) in [5.74, 6) is -0.165. The molecule has 2 aromatic carbocycles. The van der Waals surface area contributed by atoms with Crippen LogP contribution >= 0.6 is 0 Å². The number of likely N-dealkylation sites (N-methyl/N-ethyl adjacent to an activating group) is 1. The summed E-state index contributed by atoms with van der Waals surface area (Å²) in [6.45, 7) is 3.89. The van der Waals surface area contributed by atoms with Crippen molar-refractivity contribution >= 4 is 5.91 Å². The Morgan fingerprint density at radius 2 is 1.70 bits per heavy atom. The molecule has 1 heterocycles. The number of aryl methyl sites for hydroxylation is 1. The molecule has 0 N–H and O–H groups in total. The summed E-state index contributed by atoms with van der Waals surface area (Å²) in [5, 5.41) is 4.38. The Bertz CT molecular complexity index is 978. The van der Waals surface area contributed by atoms with Gasteiger partial charge in [0.2, 0.25) is 5.91 Å². The summed E-state index contributed by atoms with van der Waals surface area (Å²) in [4.78, 5) is 26.5. The van der Waals surface area contributed by atoms with Crippen LogP contribution < -0.4 is 5.56 Å². The van der Waals surface area contributed by atoms with Gasteiger partial charge in [0.05, 0.1) is 11.7 Å². The molecule has 138 valence electrons. The van der Waals surface area contributed by atoms with Crippen LogP contribution in [0.1, 0.15) is 24.1 Å². The fraction of sp³-hybridized carbons (Fsp3) is 0.227. The number of rotatable bonds is 5. The van der Waals surface area contributed by atoms with Gasteiger partial charge in [-0.15, -0.1) is 0 Å². The highest BCUT2D eigenvalue weighted by molar-refractivity contribution is 5.76. The Morgan fingerprint density at radius 1 is 1.04 bits per heavy atom. The fourth-order valence-corrected chi connectivity index (χ4v) is 2.85. The minimum absolute atomic E-state index is 0.0883. The standard InChI is InChI=1S/C22H23N3O2/c1-16-9-11-19(12-10-16)20-13-14-21(26)25(23-20)15-22(27)24(3)17(2)18-7-5-4-6-8-18/h4-14,17H,15H2,1-3H3. The summed E-state index contributed by atoms with van der Waals surface area (Å²) in [6.07, 6.45) is 0. The molecule has 0 radical (unpaired) electrons. The number of nitrogens with zero attached hydrogens (tertiary/aromatic N) is 3. The third-order valence-electron chi connectivity index (χ3n) is 4.76. The summed E-state index contributed by atoms with van der Waals surface area (Å²) in [7, 11) is 1.74. The molecule has 0 saturated carbocycles. The maximum absolute atomic E-state index is 12.7. The SMILES string of the molecule is Cc1ccc(-c2ccc(=O)n(CC(=O)N(C)C(C)c3ccccc3)n2)cc1. The number of hydrogen-bond acceptors (Lipinski definition) is 3. The first kappa shape index (κ1) is 18.6. The van der Waals surface area contributed by atoms with Crippen molar-refractivity contribution in [1.29, 1.82) is 0 Å². The Hall–Kier alpha value is -3.21. The van der Waals surface area contributed by atoms with Gasteiger partial charge in [-0.1, -0.05) is 60.2 Å². The first-order valence-corrected chi connectivity index (χ1v) is 8.91. The number of hydrogen-bond donors (Lipinski definition) is 0. The van der Waals surface area contributed by atoms with Crippen molar-refractivity contribution in [2.45, 2.75) is 26.4 Å². The van der Waals surface area contributed by atoms with E-state index in [-0.39, 0.29) is 24.1 Å². The molecule has 27 heavy (non-hydrogen) atoms. The molecular weight excluding hydrogens is 338 g/mol. The van der Waals surface area contributed by atoms with Gasteiger partial charge >= 0.3 is 0 Å². The van der Waals surface area contributed by atoms with Crippen LogP contribution in [-0.4, -0.2) is 27.6 Å². The molecule has 1 unspecified atom stereocenters. The van der Waals surface area contributed by atoms with E-state index in [2.05, 4.69) is 5.10 Å². The van der Waals surface area contributed by atoms with Gasteiger partial charge in [-0.05, 0) is 25.5 Å². The van der Waals surface area contributed by atoms with Crippen LogP contribution in [-0.2, 0) is 11.3 Å². The zero-order valence-electron chi connectivity index (χ0n) is 15.8. The van der Waals surface area contributed by atoms with Gasteiger partial charge in [-0.2, -0.15) is 5.10 Å². The van der Waals surface area contributed by atoms with Gasteiger partial charge in [-0.3, -0.25) is 9.59 Å². The van der Waals surface area contributed by atoms with Crippen LogP contribution in [0.2, 0.25) is 0 Å². The van der Waals surface area contributed by atoms with Gasteiger partial charge in [0.25, 0.3) is 5.56 Å². The smallest absolute Gasteiger partial charge is 0.267 e. The second-order valence-electron chi connectivity index (χ2n) is 6.67. The molecule has 0 aliphatic rings. The minimum Gasteiger partial charge on any atom is -0.337 e. The van der Waals surface area contributed by atoms with E-state index in [1.54, 1.807) is 18.0 Å². The predicted molar refractivity (Wildman–Crippen MR) is 106 cm³/mol. The molecule has 1 amide bonds. The first-order chi connectivity index (χ1) is 13.0. The maximum atomic E-state index is 12.7. The quantitative estimate of drug-likeness (QED) is 0.699. The molecule has 3 aromatic rings. The highest BCUT2D eigenvalue weighted by Crippen LogP contribution is 2.19. The van der Waals surface area contributed by atoms with Crippen molar-refractivity contribution in [1.82, 2.24) is 14.7 Å². The first-order valence-electron chi connectivity index (χ1n) is 8.91. The van der Waals surface area contributed by atoms with Crippen molar-refractivity contribution in [3.63, 3.8) is 0 Å². The van der Waals surface area contributed by atoms with Crippen molar-refractivity contribution in [2.24, 2.45) is 0 Å². The number of carbonyl (C=O) groups is 1. The zero-order chi connectivity index (χ0) is 19.4. The Morgan fingerprint density at radius 3 is 2.37 bits per heavy atom. The van der Waals surface area contributed by atoms with Crippen molar-refractivity contribution in [3.8, 4) is 11.3 Å². The van der Waals surface area contributed by atoms with E-state index in [0.29, 0.717) is 5.69 Å². The van der Waals surface area contributed by atoms with Crippen LogP contribution in [0.3, 0.4) is 0 Å². The highest BCUT2D eigenvalue weighted by Gasteiger charge is 2.18. The summed E-state index contributed by atoms with van der Waals surface area (Å²) in [5.41, 5.74) is 3.48. The molecule has 1 aromatic heterocycles. The van der Waals surface area contributed by atoms with Crippen LogP contribution in [0.25, 0.3) is 11.3 Å². The number of benzene rings is 2.